The summed E-state index contributed by atoms with van der Waals surface area (Å²) in [7, 11) is -3.32. The van der Waals surface area contributed by atoms with E-state index in [4.69, 9.17) is 10.5 Å². The molecular weight excluding hydrogens is 506 g/mol. The molecule has 0 bridgehead atoms. The van der Waals surface area contributed by atoms with Crippen LogP contribution in [-0.2, 0) is 10.0 Å². The van der Waals surface area contributed by atoms with Crippen LogP contribution < -0.4 is 25.4 Å². The Labute approximate surface area is 221 Å². The van der Waals surface area contributed by atoms with E-state index in [2.05, 4.69) is 31.0 Å². The third-order valence-corrected chi connectivity index (χ3v) is 6.78. The minimum atomic E-state index is -3.32. The lowest BCUT2D eigenvalue weighted by Crippen LogP contribution is -2.39. The quantitative estimate of drug-likeness (QED) is 0.392. The van der Waals surface area contributed by atoms with Gasteiger partial charge < -0.3 is 20.7 Å². The topological polar surface area (TPSA) is 163 Å². The van der Waals surface area contributed by atoms with Gasteiger partial charge in [-0.15, -0.1) is 0 Å². The Bertz CT molecular complexity index is 1470. The highest BCUT2D eigenvalue weighted by atomic mass is 32.2. The maximum atomic E-state index is 12.0. The van der Waals surface area contributed by atoms with Crippen molar-refractivity contribution in [3.63, 3.8) is 0 Å². The van der Waals surface area contributed by atoms with Crippen molar-refractivity contribution in [3.8, 4) is 17.7 Å². The van der Waals surface area contributed by atoms with E-state index in [0.717, 1.165) is 49.0 Å². The molecule has 0 atom stereocenters. The van der Waals surface area contributed by atoms with Crippen LogP contribution in [0.15, 0.2) is 42.6 Å². The van der Waals surface area contributed by atoms with Gasteiger partial charge in [-0.05, 0) is 74.2 Å². The molecule has 198 valence electrons. The van der Waals surface area contributed by atoms with Crippen molar-refractivity contribution >= 4 is 33.3 Å². The normalized spacial score (nSPS) is 14.0. The number of rotatable bonds is 8. The smallest absolute Gasteiger partial charge is 0.255 e. The van der Waals surface area contributed by atoms with Crippen molar-refractivity contribution in [3.05, 3.63) is 64.8 Å². The second-order valence-electron chi connectivity index (χ2n) is 9.26. The summed E-state index contributed by atoms with van der Waals surface area (Å²) >= 11 is 0. The number of aryl methyl sites for hydroxylation is 2. The number of anilines is 3. The second-order valence-corrected chi connectivity index (χ2v) is 11.0. The largest absolute Gasteiger partial charge is 0.437 e. The summed E-state index contributed by atoms with van der Waals surface area (Å²) in [5.41, 5.74) is 9.10. The van der Waals surface area contributed by atoms with Gasteiger partial charge in [-0.1, -0.05) is 0 Å². The summed E-state index contributed by atoms with van der Waals surface area (Å²) in [6, 6.07) is 12.9. The fourth-order valence-electron chi connectivity index (χ4n) is 4.37. The summed E-state index contributed by atoms with van der Waals surface area (Å²) in [5.74, 6) is 0.165. The van der Waals surface area contributed by atoms with Crippen molar-refractivity contribution < 1.29 is 17.9 Å². The van der Waals surface area contributed by atoms with Crippen LogP contribution in [0.4, 0.5) is 17.3 Å². The molecule has 0 aliphatic carbocycles. The van der Waals surface area contributed by atoms with E-state index in [0.29, 0.717) is 22.9 Å². The van der Waals surface area contributed by atoms with Crippen LogP contribution >= 0.6 is 0 Å². The zero-order valence-electron chi connectivity index (χ0n) is 21.4. The minimum absolute atomic E-state index is 0.0473. The first-order chi connectivity index (χ1) is 18.0. The van der Waals surface area contributed by atoms with Crippen molar-refractivity contribution in [2.75, 3.05) is 34.3 Å². The number of piperidine rings is 1. The van der Waals surface area contributed by atoms with Gasteiger partial charge in [-0.3, -0.25) is 9.52 Å². The lowest BCUT2D eigenvalue weighted by Gasteiger charge is -2.34. The number of nitrogens with two attached hydrogens (primary N) is 1. The summed E-state index contributed by atoms with van der Waals surface area (Å²) in [6.07, 6.45) is 4.10. The van der Waals surface area contributed by atoms with Crippen molar-refractivity contribution in [2.24, 2.45) is 5.73 Å². The molecule has 4 N–H and O–H groups in total. The molecule has 1 saturated heterocycles. The lowest BCUT2D eigenvalue weighted by atomic mass is 10.0. The monoisotopic (exact) mass is 535 g/mol. The molecule has 1 fully saturated rings. The Balaban J connectivity index is 1.44. The van der Waals surface area contributed by atoms with Crippen LogP contribution in [0.2, 0.25) is 0 Å². The number of sulfonamides is 1. The molecule has 2 heterocycles. The Hall–Kier alpha value is -4.37. The summed E-state index contributed by atoms with van der Waals surface area (Å²) in [4.78, 5) is 22.9. The highest BCUT2D eigenvalue weighted by molar-refractivity contribution is 7.92. The highest BCUT2D eigenvalue weighted by Crippen LogP contribution is 2.31. The third-order valence-electron chi connectivity index (χ3n) is 6.17. The Morgan fingerprint density at radius 1 is 1.16 bits per heavy atom. The maximum absolute atomic E-state index is 12.0. The summed E-state index contributed by atoms with van der Waals surface area (Å²) < 4.78 is 31.3. The number of ether oxygens (including phenoxy) is 1. The fraction of sp³-hybridized carbons (Fsp3) is 0.308. The predicted molar refractivity (Wildman–Crippen MR) is 145 cm³/mol. The minimum Gasteiger partial charge on any atom is -0.437 e. The molecule has 0 spiro atoms. The van der Waals surface area contributed by atoms with Gasteiger partial charge in [0.1, 0.15) is 11.3 Å². The molecule has 38 heavy (non-hydrogen) atoms. The van der Waals surface area contributed by atoms with Gasteiger partial charge in [0.25, 0.3) is 5.91 Å². The van der Waals surface area contributed by atoms with Gasteiger partial charge in [-0.25, -0.2) is 13.4 Å². The zero-order valence-corrected chi connectivity index (χ0v) is 22.2. The number of aromatic nitrogens is 2. The molecule has 0 radical (unpaired) electrons. The molecule has 1 aliphatic rings. The molecule has 11 nitrogen and oxygen atoms in total. The van der Waals surface area contributed by atoms with Crippen molar-refractivity contribution in [2.45, 2.75) is 32.7 Å². The van der Waals surface area contributed by atoms with Crippen molar-refractivity contribution in [1.29, 1.82) is 5.26 Å². The van der Waals surface area contributed by atoms with Gasteiger partial charge in [0, 0.05) is 36.7 Å². The zero-order chi connectivity index (χ0) is 27.4. The van der Waals surface area contributed by atoms with E-state index in [1.165, 1.54) is 6.20 Å². The lowest BCUT2D eigenvalue weighted by molar-refractivity contribution is 0.0997. The highest BCUT2D eigenvalue weighted by Gasteiger charge is 2.22. The van der Waals surface area contributed by atoms with Crippen LogP contribution in [0, 0.1) is 25.2 Å². The van der Waals surface area contributed by atoms with Gasteiger partial charge in [0.05, 0.1) is 17.9 Å². The molecule has 1 aromatic heterocycles. The second kappa shape index (κ2) is 10.9. The van der Waals surface area contributed by atoms with Crippen molar-refractivity contribution in [1.82, 2.24) is 9.97 Å². The van der Waals surface area contributed by atoms with E-state index in [1.807, 2.05) is 26.0 Å². The van der Waals surface area contributed by atoms with Gasteiger partial charge in [0.2, 0.25) is 21.9 Å². The number of hydrogen-bond donors (Lipinski definition) is 3. The third kappa shape index (κ3) is 6.49. The molecule has 4 rings (SSSR count). The molecule has 0 unspecified atom stereocenters. The number of hydrogen-bond acceptors (Lipinski definition) is 9. The fourth-order valence-corrected chi connectivity index (χ4v) is 4.94. The molecule has 1 aliphatic heterocycles. The summed E-state index contributed by atoms with van der Waals surface area (Å²) in [5, 5.41) is 12.5. The number of nitrogens with zero attached hydrogens (tertiary/aromatic N) is 4. The molecule has 2 aromatic carbocycles. The molecule has 3 aromatic rings. The Kier molecular flexibility index (Phi) is 7.68. The van der Waals surface area contributed by atoms with E-state index in [1.54, 1.807) is 24.3 Å². The average Bonchev–Trinajstić information content (AvgIpc) is 2.86. The number of benzene rings is 2. The Morgan fingerprint density at radius 3 is 2.34 bits per heavy atom. The average molecular weight is 536 g/mol. The van der Waals surface area contributed by atoms with Crippen LogP contribution in [0.3, 0.4) is 0 Å². The summed E-state index contributed by atoms with van der Waals surface area (Å²) in [6.45, 7) is 5.19. The molecule has 0 saturated carbocycles. The van der Waals surface area contributed by atoms with Crippen LogP contribution in [0.1, 0.15) is 39.9 Å². The Morgan fingerprint density at radius 2 is 1.79 bits per heavy atom. The maximum Gasteiger partial charge on any atom is 0.255 e. The number of primary amides is 1. The molecule has 12 heteroatoms. The van der Waals surface area contributed by atoms with E-state index < -0.39 is 15.9 Å². The van der Waals surface area contributed by atoms with Crippen LogP contribution in [0.25, 0.3) is 0 Å². The predicted octanol–water partition coefficient (Wildman–Crippen LogP) is 3.31. The van der Waals surface area contributed by atoms with Gasteiger partial charge in [0.15, 0.2) is 0 Å². The van der Waals surface area contributed by atoms with Gasteiger partial charge >= 0.3 is 0 Å². The van der Waals surface area contributed by atoms with E-state index >= 15 is 0 Å². The molecular formula is C26H29N7O4S. The number of carbonyl (C=O) groups is 1. The molecule has 1 amide bonds. The van der Waals surface area contributed by atoms with Gasteiger partial charge in [-0.2, -0.15) is 10.2 Å². The first-order valence-corrected chi connectivity index (χ1v) is 13.9. The number of nitriles is 1. The SMILES string of the molecule is Cc1cc(C#N)cc(C)c1Oc1nc(NC2CCN(c3ccc(NS(C)(=O)=O)cc3)CC2)ncc1C(N)=O. The number of amides is 1. The first-order valence-electron chi connectivity index (χ1n) is 12.0. The van der Waals surface area contributed by atoms with E-state index in [-0.39, 0.29) is 17.5 Å². The standard InChI is InChI=1S/C26H29N7O4S/c1-16-12-18(14-27)13-17(2)23(16)37-25-22(24(28)34)15-29-26(31-25)30-19-8-10-33(11-9-19)21-6-4-20(5-7-21)32-38(3,35)36/h4-7,12-13,15,19,32H,8-11H2,1-3H3,(H2,28,34)(H,29,30,31). The number of nitrogens with one attached hydrogen (secondary N) is 2. The van der Waals surface area contributed by atoms with E-state index in [9.17, 15) is 18.5 Å². The number of carbonyl (C=O) groups excluding carboxylic acids is 1. The first kappa shape index (κ1) is 26.7. The van der Waals surface area contributed by atoms with Crippen LogP contribution in [-0.4, -0.2) is 49.7 Å². The van der Waals surface area contributed by atoms with Crippen LogP contribution in [0.5, 0.6) is 11.6 Å².